The van der Waals surface area contributed by atoms with Crippen molar-refractivity contribution in [2.24, 2.45) is 0 Å². The third-order valence-corrected chi connectivity index (χ3v) is 4.70. The molecule has 3 heterocycles. The largest absolute Gasteiger partial charge is 0.339 e. The maximum Gasteiger partial charge on any atom is 0.253 e. The molecule has 0 saturated carbocycles. The molecule has 0 unspecified atom stereocenters. The van der Waals surface area contributed by atoms with Crippen molar-refractivity contribution in [2.45, 2.75) is 6.42 Å². The lowest BCUT2D eigenvalue weighted by Gasteiger charge is -2.22. The van der Waals surface area contributed by atoms with Crippen molar-refractivity contribution in [3.8, 4) is 0 Å². The van der Waals surface area contributed by atoms with E-state index in [1.165, 1.54) is 0 Å². The van der Waals surface area contributed by atoms with Crippen molar-refractivity contribution in [1.82, 2.24) is 19.5 Å². The molecule has 0 bridgehead atoms. The Morgan fingerprint density at radius 3 is 2.64 bits per heavy atom. The summed E-state index contributed by atoms with van der Waals surface area (Å²) in [4.78, 5) is 16.8. The van der Waals surface area contributed by atoms with Gasteiger partial charge in [-0.15, -0.1) is 10.2 Å². The van der Waals surface area contributed by atoms with Crippen LogP contribution in [0, 0.1) is 0 Å². The SMILES string of the molecule is O=C(c1ccc(Cl)cc1)N1CCCN(c2nnc3ccccn23)CC1. The summed E-state index contributed by atoms with van der Waals surface area (Å²) >= 11 is 5.91. The fourth-order valence-corrected chi connectivity index (χ4v) is 3.27. The molecule has 0 radical (unpaired) electrons. The molecule has 25 heavy (non-hydrogen) atoms. The van der Waals surface area contributed by atoms with Crippen LogP contribution in [-0.4, -0.2) is 51.6 Å². The minimum Gasteiger partial charge on any atom is -0.339 e. The zero-order valence-electron chi connectivity index (χ0n) is 13.7. The Morgan fingerprint density at radius 1 is 0.960 bits per heavy atom. The van der Waals surface area contributed by atoms with E-state index in [0.29, 0.717) is 17.1 Å². The molecule has 0 N–H and O–H groups in total. The molecule has 0 atom stereocenters. The number of hydrogen-bond donors (Lipinski definition) is 0. The van der Waals surface area contributed by atoms with Crippen molar-refractivity contribution >= 4 is 29.1 Å². The summed E-state index contributed by atoms with van der Waals surface area (Å²) in [7, 11) is 0. The predicted octanol–water partition coefficient (Wildman–Crippen LogP) is 2.74. The molecular weight excluding hydrogens is 338 g/mol. The van der Waals surface area contributed by atoms with E-state index in [9.17, 15) is 4.79 Å². The molecule has 4 rings (SSSR count). The number of rotatable bonds is 2. The monoisotopic (exact) mass is 355 g/mol. The molecule has 2 aromatic heterocycles. The topological polar surface area (TPSA) is 53.7 Å². The lowest BCUT2D eigenvalue weighted by molar-refractivity contribution is 0.0767. The number of pyridine rings is 1. The zero-order chi connectivity index (χ0) is 17.2. The highest BCUT2D eigenvalue weighted by Gasteiger charge is 2.22. The summed E-state index contributed by atoms with van der Waals surface area (Å²) in [6, 6.07) is 12.9. The van der Waals surface area contributed by atoms with Gasteiger partial charge < -0.3 is 9.80 Å². The Balaban J connectivity index is 1.50. The molecule has 1 fully saturated rings. The highest BCUT2D eigenvalue weighted by molar-refractivity contribution is 6.30. The van der Waals surface area contributed by atoms with E-state index in [4.69, 9.17) is 11.6 Å². The normalized spacial score (nSPS) is 15.4. The smallest absolute Gasteiger partial charge is 0.253 e. The van der Waals surface area contributed by atoms with E-state index in [2.05, 4.69) is 15.1 Å². The van der Waals surface area contributed by atoms with Crippen molar-refractivity contribution in [1.29, 1.82) is 0 Å². The fraction of sp³-hybridized carbons (Fsp3) is 0.278. The van der Waals surface area contributed by atoms with Crippen LogP contribution in [-0.2, 0) is 0 Å². The average molecular weight is 356 g/mol. The highest BCUT2D eigenvalue weighted by atomic mass is 35.5. The Morgan fingerprint density at radius 2 is 1.80 bits per heavy atom. The van der Waals surface area contributed by atoms with E-state index in [1.807, 2.05) is 33.7 Å². The van der Waals surface area contributed by atoms with Crippen LogP contribution in [0.2, 0.25) is 5.02 Å². The van der Waals surface area contributed by atoms with Gasteiger partial charge in [0.25, 0.3) is 5.91 Å². The lowest BCUT2D eigenvalue weighted by Crippen LogP contribution is -2.35. The first-order valence-corrected chi connectivity index (χ1v) is 8.70. The molecule has 3 aromatic rings. The van der Waals surface area contributed by atoms with Gasteiger partial charge in [0, 0.05) is 43.0 Å². The Bertz CT molecular complexity index is 892. The van der Waals surface area contributed by atoms with Gasteiger partial charge in [0.15, 0.2) is 5.65 Å². The fourth-order valence-electron chi connectivity index (χ4n) is 3.14. The van der Waals surface area contributed by atoms with Crippen LogP contribution in [0.25, 0.3) is 5.65 Å². The third-order valence-electron chi connectivity index (χ3n) is 4.45. The van der Waals surface area contributed by atoms with Crippen LogP contribution in [0.1, 0.15) is 16.8 Å². The van der Waals surface area contributed by atoms with E-state index < -0.39 is 0 Å². The number of halogens is 1. The first-order valence-electron chi connectivity index (χ1n) is 8.32. The Hall–Kier alpha value is -2.60. The molecule has 1 saturated heterocycles. The molecule has 1 aliphatic rings. The molecule has 6 nitrogen and oxygen atoms in total. The minimum absolute atomic E-state index is 0.0459. The van der Waals surface area contributed by atoms with Crippen molar-refractivity contribution in [3.05, 3.63) is 59.2 Å². The molecule has 1 aliphatic heterocycles. The Kier molecular flexibility index (Phi) is 4.28. The number of aromatic nitrogens is 3. The van der Waals surface area contributed by atoms with Crippen LogP contribution in [0.3, 0.4) is 0 Å². The van der Waals surface area contributed by atoms with Crippen molar-refractivity contribution < 1.29 is 4.79 Å². The predicted molar refractivity (Wildman–Crippen MR) is 97.2 cm³/mol. The van der Waals surface area contributed by atoms with Crippen LogP contribution in [0.15, 0.2) is 48.7 Å². The lowest BCUT2D eigenvalue weighted by atomic mass is 10.2. The van der Waals surface area contributed by atoms with Gasteiger partial charge in [0.2, 0.25) is 5.95 Å². The standard InChI is InChI=1S/C18H18ClN5O/c19-15-7-5-14(6-8-15)17(25)22-9-3-10-23(13-12-22)18-21-20-16-4-1-2-11-24(16)18/h1-2,4-8,11H,3,9-10,12-13H2. The molecule has 0 aliphatic carbocycles. The molecule has 0 spiro atoms. The number of hydrogen-bond acceptors (Lipinski definition) is 4. The maximum atomic E-state index is 12.7. The molecular formula is C18H18ClN5O. The number of nitrogens with zero attached hydrogens (tertiary/aromatic N) is 5. The third kappa shape index (κ3) is 3.17. The summed E-state index contributed by atoms with van der Waals surface area (Å²) in [5, 5.41) is 9.17. The van der Waals surface area contributed by atoms with Gasteiger partial charge in [-0.05, 0) is 42.8 Å². The van der Waals surface area contributed by atoms with Gasteiger partial charge >= 0.3 is 0 Å². The van der Waals surface area contributed by atoms with Gasteiger partial charge in [-0.25, -0.2) is 0 Å². The molecule has 1 aromatic carbocycles. The minimum atomic E-state index is 0.0459. The second kappa shape index (κ2) is 6.72. The van der Waals surface area contributed by atoms with Crippen LogP contribution >= 0.6 is 11.6 Å². The Labute approximate surface area is 150 Å². The van der Waals surface area contributed by atoms with E-state index in [0.717, 1.165) is 37.7 Å². The van der Waals surface area contributed by atoms with E-state index in [-0.39, 0.29) is 5.91 Å². The van der Waals surface area contributed by atoms with Crippen molar-refractivity contribution in [2.75, 3.05) is 31.1 Å². The molecule has 1 amide bonds. The number of benzene rings is 1. The highest BCUT2D eigenvalue weighted by Crippen LogP contribution is 2.17. The number of anilines is 1. The quantitative estimate of drug-likeness (QED) is 0.709. The number of fused-ring (bicyclic) bond motifs is 1. The summed E-state index contributed by atoms with van der Waals surface area (Å²) in [5.41, 5.74) is 1.50. The first kappa shape index (κ1) is 15.9. The summed E-state index contributed by atoms with van der Waals surface area (Å²) in [6.45, 7) is 2.97. The van der Waals surface area contributed by atoms with Crippen LogP contribution in [0.5, 0.6) is 0 Å². The summed E-state index contributed by atoms with van der Waals surface area (Å²) in [6.07, 6.45) is 2.85. The number of carbonyl (C=O) groups excluding carboxylic acids is 1. The first-order chi connectivity index (χ1) is 12.2. The van der Waals surface area contributed by atoms with Gasteiger partial charge in [0.05, 0.1) is 0 Å². The van der Waals surface area contributed by atoms with Gasteiger partial charge in [-0.1, -0.05) is 17.7 Å². The second-order valence-electron chi connectivity index (χ2n) is 6.07. The van der Waals surface area contributed by atoms with Gasteiger partial charge in [-0.2, -0.15) is 0 Å². The van der Waals surface area contributed by atoms with Gasteiger partial charge in [-0.3, -0.25) is 9.20 Å². The summed E-state index contributed by atoms with van der Waals surface area (Å²) in [5.74, 6) is 0.876. The maximum absolute atomic E-state index is 12.7. The van der Waals surface area contributed by atoms with Gasteiger partial charge in [0.1, 0.15) is 0 Å². The van der Waals surface area contributed by atoms with Crippen molar-refractivity contribution in [3.63, 3.8) is 0 Å². The van der Waals surface area contributed by atoms with E-state index in [1.54, 1.807) is 24.3 Å². The number of carbonyl (C=O) groups is 1. The van der Waals surface area contributed by atoms with Crippen LogP contribution < -0.4 is 4.90 Å². The zero-order valence-corrected chi connectivity index (χ0v) is 14.4. The molecule has 128 valence electrons. The van der Waals surface area contributed by atoms with E-state index >= 15 is 0 Å². The summed E-state index contributed by atoms with van der Waals surface area (Å²) < 4.78 is 1.98. The average Bonchev–Trinajstić information content (AvgIpc) is 2.91. The second-order valence-corrected chi connectivity index (χ2v) is 6.50. The number of amides is 1. The van der Waals surface area contributed by atoms with Crippen LogP contribution in [0.4, 0.5) is 5.95 Å². The molecule has 7 heteroatoms.